The minimum absolute atomic E-state index is 0.137. The summed E-state index contributed by atoms with van der Waals surface area (Å²) >= 11 is 5.85. The van der Waals surface area contributed by atoms with Crippen molar-refractivity contribution in [2.75, 3.05) is 13.6 Å². The van der Waals surface area contributed by atoms with Gasteiger partial charge in [-0.25, -0.2) is 4.39 Å². The zero-order valence-electron chi connectivity index (χ0n) is 10.7. The van der Waals surface area contributed by atoms with Crippen LogP contribution in [0.15, 0.2) is 18.2 Å². The number of benzene rings is 1. The van der Waals surface area contributed by atoms with Crippen LogP contribution in [0.3, 0.4) is 0 Å². The predicted octanol–water partition coefficient (Wildman–Crippen LogP) is 1.09. The van der Waals surface area contributed by atoms with E-state index in [9.17, 15) is 12.8 Å². The van der Waals surface area contributed by atoms with Crippen molar-refractivity contribution < 1.29 is 12.8 Å². The average molecular weight is 310 g/mol. The first-order valence-corrected chi connectivity index (χ1v) is 7.46. The molecule has 0 radical (unpaired) electrons. The van der Waals surface area contributed by atoms with Crippen molar-refractivity contribution >= 4 is 21.8 Å². The highest BCUT2D eigenvalue weighted by Crippen LogP contribution is 2.21. The van der Waals surface area contributed by atoms with Crippen LogP contribution in [0.1, 0.15) is 12.5 Å². The molecule has 0 heterocycles. The van der Waals surface area contributed by atoms with Gasteiger partial charge in [-0.1, -0.05) is 17.7 Å². The van der Waals surface area contributed by atoms with Gasteiger partial charge in [-0.2, -0.15) is 17.4 Å². The standard InChI is InChI=1S/C11H17ClFN3O2S/c1-8(6-14)15-19(17,18)16(2)7-9-10(12)4-3-5-11(9)13/h3-5,8,15H,6-7,14H2,1-2H3/t8-/m1/s1. The number of hydrogen-bond donors (Lipinski definition) is 2. The second-order valence-electron chi connectivity index (χ2n) is 4.22. The Morgan fingerprint density at radius 1 is 1.53 bits per heavy atom. The fraction of sp³-hybridized carbons (Fsp3) is 0.455. The van der Waals surface area contributed by atoms with Gasteiger partial charge in [0.1, 0.15) is 5.82 Å². The van der Waals surface area contributed by atoms with E-state index in [-0.39, 0.29) is 23.7 Å². The third-order valence-corrected chi connectivity index (χ3v) is 4.56. The Kier molecular flexibility index (Phi) is 5.69. The zero-order chi connectivity index (χ0) is 14.6. The van der Waals surface area contributed by atoms with Crippen molar-refractivity contribution in [3.63, 3.8) is 0 Å². The minimum Gasteiger partial charge on any atom is -0.329 e. The smallest absolute Gasteiger partial charge is 0.279 e. The van der Waals surface area contributed by atoms with Crippen molar-refractivity contribution in [2.24, 2.45) is 5.73 Å². The number of hydrogen-bond acceptors (Lipinski definition) is 3. The van der Waals surface area contributed by atoms with Crippen LogP contribution < -0.4 is 10.5 Å². The van der Waals surface area contributed by atoms with E-state index in [1.807, 2.05) is 0 Å². The topological polar surface area (TPSA) is 75.4 Å². The first-order chi connectivity index (χ1) is 8.77. The van der Waals surface area contributed by atoms with Crippen LogP contribution in [0.25, 0.3) is 0 Å². The third kappa shape index (κ3) is 4.39. The van der Waals surface area contributed by atoms with Gasteiger partial charge in [0.2, 0.25) is 0 Å². The summed E-state index contributed by atoms with van der Waals surface area (Å²) < 4.78 is 40.8. The first-order valence-electron chi connectivity index (χ1n) is 5.64. The lowest BCUT2D eigenvalue weighted by Gasteiger charge is -2.21. The maximum Gasteiger partial charge on any atom is 0.279 e. The van der Waals surface area contributed by atoms with Gasteiger partial charge in [-0.05, 0) is 19.1 Å². The van der Waals surface area contributed by atoms with E-state index in [0.717, 1.165) is 4.31 Å². The molecule has 0 saturated heterocycles. The van der Waals surface area contributed by atoms with Gasteiger partial charge in [0.25, 0.3) is 10.2 Å². The van der Waals surface area contributed by atoms with Gasteiger partial charge >= 0.3 is 0 Å². The van der Waals surface area contributed by atoms with Crippen LogP contribution in [-0.2, 0) is 16.8 Å². The van der Waals surface area contributed by atoms with Crippen molar-refractivity contribution in [3.05, 3.63) is 34.6 Å². The van der Waals surface area contributed by atoms with E-state index >= 15 is 0 Å². The van der Waals surface area contributed by atoms with E-state index in [1.54, 1.807) is 6.92 Å². The van der Waals surface area contributed by atoms with Crippen LogP contribution >= 0.6 is 11.6 Å². The average Bonchev–Trinajstić information content (AvgIpc) is 2.33. The summed E-state index contributed by atoms with van der Waals surface area (Å²) in [5.41, 5.74) is 5.49. The number of halogens is 2. The molecule has 0 aromatic heterocycles. The van der Waals surface area contributed by atoms with Gasteiger partial charge in [0.15, 0.2) is 0 Å². The zero-order valence-corrected chi connectivity index (χ0v) is 12.3. The molecule has 0 aliphatic heterocycles. The third-order valence-electron chi connectivity index (χ3n) is 2.56. The molecule has 1 atom stereocenters. The van der Waals surface area contributed by atoms with E-state index in [2.05, 4.69) is 4.72 Å². The van der Waals surface area contributed by atoms with Crippen molar-refractivity contribution in [3.8, 4) is 0 Å². The summed E-state index contributed by atoms with van der Waals surface area (Å²) in [6.07, 6.45) is 0. The molecule has 1 rings (SSSR count). The van der Waals surface area contributed by atoms with Crippen molar-refractivity contribution in [1.82, 2.24) is 9.03 Å². The highest BCUT2D eigenvalue weighted by Gasteiger charge is 2.21. The quantitative estimate of drug-likeness (QED) is 0.826. The fourth-order valence-electron chi connectivity index (χ4n) is 1.38. The number of nitrogens with two attached hydrogens (primary N) is 1. The molecule has 0 spiro atoms. The lowest BCUT2D eigenvalue weighted by molar-refractivity contribution is 0.439. The summed E-state index contributed by atoms with van der Waals surface area (Å²) in [4.78, 5) is 0. The molecule has 5 nitrogen and oxygen atoms in total. The maximum atomic E-state index is 13.6. The van der Waals surface area contributed by atoms with Gasteiger partial charge in [0, 0.05) is 36.8 Å². The Labute approximate surface area is 117 Å². The Morgan fingerprint density at radius 2 is 2.16 bits per heavy atom. The molecule has 1 aromatic carbocycles. The summed E-state index contributed by atoms with van der Waals surface area (Å²) in [5.74, 6) is -0.540. The van der Waals surface area contributed by atoms with Crippen LogP contribution in [-0.4, -0.2) is 32.4 Å². The lowest BCUT2D eigenvalue weighted by Crippen LogP contribution is -2.45. The molecule has 0 bridgehead atoms. The number of nitrogens with zero attached hydrogens (tertiary/aromatic N) is 1. The van der Waals surface area contributed by atoms with Crippen LogP contribution in [0.2, 0.25) is 5.02 Å². The Morgan fingerprint density at radius 3 is 2.68 bits per heavy atom. The lowest BCUT2D eigenvalue weighted by atomic mass is 10.2. The molecule has 108 valence electrons. The largest absolute Gasteiger partial charge is 0.329 e. The molecule has 3 N–H and O–H groups in total. The van der Waals surface area contributed by atoms with E-state index in [1.165, 1.54) is 25.2 Å². The molecular weight excluding hydrogens is 293 g/mol. The number of rotatable bonds is 6. The summed E-state index contributed by atoms with van der Waals surface area (Å²) in [7, 11) is -2.38. The second-order valence-corrected chi connectivity index (χ2v) is 6.43. The molecule has 0 saturated carbocycles. The molecule has 0 fully saturated rings. The number of nitrogens with one attached hydrogen (secondary N) is 1. The predicted molar refractivity (Wildman–Crippen MR) is 73.4 cm³/mol. The summed E-state index contributed by atoms with van der Waals surface area (Å²) in [6, 6.07) is 3.81. The Balaban J connectivity index is 2.88. The van der Waals surface area contributed by atoms with E-state index < -0.39 is 22.1 Å². The summed E-state index contributed by atoms with van der Waals surface area (Å²) in [5, 5.41) is 0.189. The Hall–Kier alpha value is -0.730. The fourth-order valence-corrected chi connectivity index (χ4v) is 2.69. The molecular formula is C11H17ClFN3O2S. The normalized spacial score (nSPS) is 13.8. The van der Waals surface area contributed by atoms with Crippen molar-refractivity contribution in [2.45, 2.75) is 19.5 Å². The molecule has 0 unspecified atom stereocenters. The second kappa shape index (κ2) is 6.62. The summed E-state index contributed by atoms with van der Waals surface area (Å²) in [6.45, 7) is 1.66. The van der Waals surface area contributed by atoms with Gasteiger partial charge < -0.3 is 5.73 Å². The Bertz CT molecular complexity index is 518. The molecule has 19 heavy (non-hydrogen) atoms. The van der Waals surface area contributed by atoms with Gasteiger partial charge in [0.05, 0.1) is 0 Å². The van der Waals surface area contributed by atoms with Crippen LogP contribution in [0.4, 0.5) is 4.39 Å². The van der Waals surface area contributed by atoms with Crippen molar-refractivity contribution in [1.29, 1.82) is 0 Å². The maximum absolute atomic E-state index is 13.6. The van der Waals surface area contributed by atoms with E-state index in [4.69, 9.17) is 17.3 Å². The SMILES string of the molecule is C[C@H](CN)NS(=O)(=O)N(C)Cc1c(F)cccc1Cl. The molecule has 0 aliphatic carbocycles. The van der Waals surface area contributed by atoms with E-state index in [0.29, 0.717) is 0 Å². The minimum atomic E-state index is -3.73. The molecule has 0 amide bonds. The molecule has 1 aromatic rings. The van der Waals surface area contributed by atoms with Gasteiger partial charge in [-0.3, -0.25) is 0 Å². The first kappa shape index (κ1) is 16.3. The van der Waals surface area contributed by atoms with Crippen LogP contribution in [0, 0.1) is 5.82 Å². The van der Waals surface area contributed by atoms with Gasteiger partial charge in [-0.15, -0.1) is 0 Å². The molecule has 0 aliphatic rings. The van der Waals surface area contributed by atoms with Crippen LogP contribution in [0.5, 0.6) is 0 Å². The monoisotopic (exact) mass is 309 g/mol. The highest BCUT2D eigenvalue weighted by atomic mass is 35.5. The highest BCUT2D eigenvalue weighted by molar-refractivity contribution is 7.87. The molecule has 8 heteroatoms.